The number of anilines is 1. The van der Waals surface area contributed by atoms with Gasteiger partial charge in [0.25, 0.3) is 5.91 Å². The molecule has 1 N–H and O–H groups in total. The second-order valence-corrected chi connectivity index (χ2v) is 8.51. The van der Waals surface area contributed by atoms with Crippen LogP contribution in [0.5, 0.6) is 5.75 Å². The van der Waals surface area contributed by atoms with Crippen LogP contribution >= 0.6 is 0 Å². The molecular weight excluding hydrogens is 384 g/mol. The number of hydrogen-bond acceptors (Lipinski definition) is 5. The predicted octanol–water partition coefficient (Wildman–Crippen LogP) is 1.84. The SMILES string of the molecule is COc1cccc(N2CCN(C(=O)CN3C(=O)N[C@@]4(CCCC[C@H]4C)C3=O)CC2)c1. The number of carbonyl (C=O) groups excluding carboxylic acids is 3. The number of rotatable bonds is 4. The molecule has 8 nitrogen and oxygen atoms in total. The molecule has 2 aliphatic heterocycles. The molecule has 0 bridgehead atoms. The minimum Gasteiger partial charge on any atom is -0.497 e. The van der Waals surface area contributed by atoms with Gasteiger partial charge in [0.2, 0.25) is 5.91 Å². The van der Waals surface area contributed by atoms with Crippen LogP contribution in [0.15, 0.2) is 24.3 Å². The van der Waals surface area contributed by atoms with Crippen molar-refractivity contribution in [2.45, 2.75) is 38.1 Å². The molecule has 1 spiro atoms. The number of urea groups is 1. The zero-order valence-electron chi connectivity index (χ0n) is 17.7. The highest BCUT2D eigenvalue weighted by atomic mass is 16.5. The van der Waals surface area contributed by atoms with Crippen molar-refractivity contribution >= 4 is 23.5 Å². The number of piperazine rings is 1. The van der Waals surface area contributed by atoms with Crippen molar-refractivity contribution in [3.8, 4) is 5.75 Å². The van der Waals surface area contributed by atoms with E-state index in [1.807, 2.05) is 31.2 Å². The van der Waals surface area contributed by atoms with Crippen LogP contribution in [0, 0.1) is 5.92 Å². The van der Waals surface area contributed by atoms with E-state index in [1.165, 1.54) is 0 Å². The molecule has 8 heteroatoms. The number of benzene rings is 1. The van der Waals surface area contributed by atoms with E-state index >= 15 is 0 Å². The maximum absolute atomic E-state index is 13.1. The fraction of sp³-hybridized carbons (Fsp3) is 0.591. The van der Waals surface area contributed by atoms with Gasteiger partial charge in [-0.25, -0.2) is 4.79 Å². The van der Waals surface area contributed by atoms with Gasteiger partial charge in [0.1, 0.15) is 17.8 Å². The first kappa shape index (κ1) is 20.5. The number of methoxy groups -OCH3 is 1. The number of carbonyl (C=O) groups is 3. The largest absolute Gasteiger partial charge is 0.497 e. The smallest absolute Gasteiger partial charge is 0.325 e. The Balaban J connectivity index is 1.36. The summed E-state index contributed by atoms with van der Waals surface area (Å²) >= 11 is 0. The van der Waals surface area contributed by atoms with Crippen molar-refractivity contribution in [2.75, 3.05) is 44.7 Å². The van der Waals surface area contributed by atoms with Crippen LogP contribution < -0.4 is 15.0 Å². The fourth-order valence-corrected chi connectivity index (χ4v) is 4.90. The molecular formula is C22H30N4O4. The van der Waals surface area contributed by atoms with E-state index < -0.39 is 11.6 Å². The van der Waals surface area contributed by atoms with Gasteiger partial charge in [0, 0.05) is 37.9 Å². The summed E-state index contributed by atoms with van der Waals surface area (Å²) in [5, 5.41) is 2.91. The van der Waals surface area contributed by atoms with Crippen LogP contribution in [0.3, 0.4) is 0 Å². The van der Waals surface area contributed by atoms with Crippen molar-refractivity contribution in [1.82, 2.24) is 15.1 Å². The topological polar surface area (TPSA) is 82.2 Å². The van der Waals surface area contributed by atoms with Crippen LogP contribution in [-0.4, -0.2) is 73.0 Å². The highest BCUT2D eigenvalue weighted by Crippen LogP contribution is 2.38. The first-order valence-electron chi connectivity index (χ1n) is 10.8. The lowest BCUT2D eigenvalue weighted by Gasteiger charge is -2.37. The molecule has 30 heavy (non-hydrogen) atoms. The summed E-state index contributed by atoms with van der Waals surface area (Å²) in [5.74, 6) is 0.483. The Morgan fingerprint density at radius 3 is 2.67 bits per heavy atom. The molecule has 3 fully saturated rings. The molecule has 4 amide bonds. The number of hydrogen-bond donors (Lipinski definition) is 1. The lowest BCUT2D eigenvalue weighted by atomic mass is 9.73. The second kappa shape index (κ2) is 8.16. The Labute approximate surface area is 177 Å². The molecule has 1 saturated carbocycles. The molecule has 4 rings (SSSR count). The third kappa shape index (κ3) is 3.59. The van der Waals surface area contributed by atoms with Gasteiger partial charge in [-0.3, -0.25) is 14.5 Å². The molecule has 1 aromatic carbocycles. The molecule has 2 saturated heterocycles. The maximum atomic E-state index is 13.1. The van der Waals surface area contributed by atoms with Crippen molar-refractivity contribution in [3.05, 3.63) is 24.3 Å². The molecule has 1 aliphatic carbocycles. The molecule has 162 valence electrons. The first-order chi connectivity index (χ1) is 14.4. The lowest BCUT2D eigenvalue weighted by molar-refractivity contribution is -0.140. The monoisotopic (exact) mass is 414 g/mol. The third-order valence-electron chi connectivity index (χ3n) is 6.85. The number of nitrogens with one attached hydrogen (secondary N) is 1. The van der Waals surface area contributed by atoms with E-state index in [9.17, 15) is 14.4 Å². The van der Waals surface area contributed by atoms with Crippen molar-refractivity contribution in [3.63, 3.8) is 0 Å². The van der Waals surface area contributed by atoms with Crippen LogP contribution in [0.4, 0.5) is 10.5 Å². The minimum atomic E-state index is -0.819. The zero-order chi connectivity index (χ0) is 21.3. The van der Waals surface area contributed by atoms with Gasteiger partial charge in [0.15, 0.2) is 0 Å². The van der Waals surface area contributed by atoms with Gasteiger partial charge in [-0.1, -0.05) is 25.8 Å². The second-order valence-electron chi connectivity index (χ2n) is 8.51. The Kier molecular flexibility index (Phi) is 5.58. The molecule has 1 aromatic rings. The molecule has 2 atom stereocenters. The van der Waals surface area contributed by atoms with Crippen LogP contribution in [0.1, 0.15) is 32.6 Å². The molecule has 3 aliphatic rings. The summed E-state index contributed by atoms with van der Waals surface area (Å²) in [4.78, 5) is 43.5. The maximum Gasteiger partial charge on any atom is 0.325 e. The van der Waals surface area contributed by atoms with E-state index in [4.69, 9.17) is 4.74 Å². The average Bonchev–Trinajstić information content (AvgIpc) is 3.01. The summed E-state index contributed by atoms with van der Waals surface area (Å²) in [5.41, 5.74) is 0.240. The molecule has 0 aromatic heterocycles. The highest BCUT2D eigenvalue weighted by molar-refractivity contribution is 6.09. The highest BCUT2D eigenvalue weighted by Gasteiger charge is 2.55. The lowest BCUT2D eigenvalue weighted by Crippen LogP contribution is -2.55. The number of amides is 4. The minimum absolute atomic E-state index is 0.0919. The summed E-state index contributed by atoms with van der Waals surface area (Å²) in [6.07, 6.45) is 3.57. The molecule has 0 radical (unpaired) electrons. The van der Waals surface area contributed by atoms with E-state index in [1.54, 1.807) is 12.0 Å². The van der Waals surface area contributed by atoms with E-state index in [0.717, 1.165) is 35.6 Å². The Bertz CT molecular complexity index is 836. The standard InChI is InChI=1S/C22H30N4O4/c1-16-6-3-4-9-22(16)20(28)26(21(29)23-22)15-19(27)25-12-10-24(11-13-25)17-7-5-8-18(14-17)30-2/h5,7-8,14,16H,3-4,6,9-13,15H2,1-2H3,(H,23,29)/t16-,22-/m1/s1. The normalized spacial score (nSPS) is 26.9. The first-order valence-corrected chi connectivity index (χ1v) is 10.8. The van der Waals surface area contributed by atoms with Crippen LogP contribution in [0.2, 0.25) is 0 Å². The summed E-state index contributed by atoms with van der Waals surface area (Å²) in [6, 6.07) is 7.43. The van der Waals surface area contributed by atoms with Crippen LogP contribution in [-0.2, 0) is 9.59 Å². The zero-order valence-corrected chi connectivity index (χ0v) is 17.7. The van der Waals surface area contributed by atoms with Gasteiger partial charge in [0.05, 0.1) is 7.11 Å². The average molecular weight is 415 g/mol. The fourth-order valence-electron chi connectivity index (χ4n) is 4.90. The number of ether oxygens (including phenoxy) is 1. The quantitative estimate of drug-likeness (QED) is 0.761. The van der Waals surface area contributed by atoms with Gasteiger partial charge < -0.3 is 19.9 Å². The van der Waals surface area contributed by atoms with Crippen molar-refractivity contribution < 1.29 is 19.1 Å². The van der Waals surface area contributed by atoms with Gasteiger partial charge >= 0.3 is 6.03 Å². The summed E-state index contributed by atoms with van der Waals surface area (Å²) < 4.78 is 5.29. The van der Waals surface area contributed by atoms with Crippen molar-refractivity contribution in [2.24, 2.45) is 5.92 Å². The molecule has 2 heterocycles. The van der Waals surface area contributed by atoms with Crippen LogP contribution in [0.25, 0.3) is 0 Å². The summed E-state index contributed by atoms with van der Waals surface area (Å²) in [7, 11) is 1.64. The van der Waals surface area contributed by atoms with E-state index in [0.29, 0.717) is 32.6 Å². The number of imide groups is 1. The van der Waals surface area contributed by atoms with Gasteiger partial charge in [-0.2, -0.15) is 0 Å². The third-order valence-corrected chi connectivity index (χ3v) is 6.85. The van der Waals surface area contributed by atoms with E-state index in [2.05, 4.69) is 10.2 Å². The van der Waals surface area contributed by atoms with Gasteiger partial charge in [-0.05, 0) is 30.9 Å². The van der Waals surface area contributed by atoms with Crippen molar-refractivity contribution in [1.29, 1.82) is 0 Å². The Hall–Kier alpha value is -2.77. The van der Waals surface area contributed by atoms with Gasteiger partial charge in [-0.15, -0.1) is 0 Å². The Morgan fingerprint density at radius 1 is 1.20 bits per heavy atom. The number of nitrogens with zero attached hydrogens (tertiary/aromatic N) is 3. The summed E-state index contributed by atoms with van der Waals surface area (Å²) in [6.45, 7) is 4.33. The predicted molar refractivity (Wildman–Crippen MR) is 112 cm³/mol. The Morgan fingerprint density at radius 2 is 1.97 bits per heavy atom. The molecule has 0 unspecified atom stereocenters. The van der Waals surface area contributed by atoms with E-state index in [-0.39, 0.29) is 24.3 Å².